The first-order valence-corrected chi connectivity index (χ1v) is 9.33. The van der Waals surface area contributed by atoms with Crippen molar-refractivity contribution < 1.29 is 23.2 Å². The summed E-state index contributed by atoms with van der Waals surface area (Å²) in [6.45, 7) is -1.43. The van der Waals surface area contributed by atoms with Crippen molar-refractivity contribution >= 4 is 23.0 Å². The Bertz CT molecular complexity index is 867. The van der Waals surface area contributed by atoms with Gasteiger partial charge in [0.15, 0.2) is 0 Å². The van der Waals surface area contributed by atoms with Crippen molar-refractivity contribution in [3.63, 3.8) is 0 Å². The summed E-state index contributed by atoms with van der Waals surface area (Å²) in [4.78, 5) is 25.6. The Hall–Kier alpha value is -3.23. The van der Waals surface area contributed by atoms with Crippen LogP contribution in [0.5, 0.6) is 5.75 Å². The molecule has 0 saturated carbocycles. The average Bonchev–Trinajstić information content (AvgIpc) is 2.98. The Morgan fingerprint density at radius 3 is 2.31 bits per heavy atom. The van der Waals surface area contributed by atoms with Gasteiger partial charge in [-0.05, 0) is 49.2 Å². The summed E-state index contributed by atoms with van der Waals surface area (Å²) in [5.74, 6) is -0.562. The second kappa shape index (κ2) is 9.31. The van der Waals surface area contributed by atoms with Crippen LogP contribution < -0.4 is 15.0 Å². The lowest BCUT2D eigenvalue weighted by Gasteiger charge is -2.22. The standard InChI is InChI=1S/C20H21F2N3O4/c21-20(22)29-16-8-6-15(7-9-16)23-19(26)14-5-10-17(18(13-14)25(27)28)24-11-3-1-2-4-12-24/h5-10,13,20H,1-4,11-12H2,(H,23,26). The molecule has 1 heterocycles. The number of ether oxygens (including phenoxy) is 1. The highest BCUT2D eigenvalue weighted by atomic mass is 19.3. The number of nitrogens with zero attached hydrogens (tertiary/aromatic N) is 2. The summed E-state index contributed by atoms with van der Waals surface area (Å²) in [5, 5.41) is 14.2. The van der Waals surface area contributed by atoms with E-state index in [1.807, 2.05) is 4.90 Å². The Kier molecular flexibility index (Phi) is 6.58. The van der Waals surface area contributed by atoms with Gasteiger partial charge in [0.1, 0.15) is 11.4 Å². The predicted molar refractivity (Wildman–Crippen MR) is 105 cm³/mol. The van der Waals surface area contributed by atoms with Gasteiger partial charge in [-0.3, -0.25) is 14.9 Å². The van der Waals surface area contributed by atoms with Gasteiger partial charge in [0.25, 0.3) is 11.6 Å². The maximum atomic E-state index is 12.5. The van der Waals surface area contributed by atoms with Gasteiger partial charge in [0.05, 0.1) is 4.92 Å². The van der Waals surface area contributed by atoms with Gasteiger partial charge in [-0.1, -0.05) is 12.8 Å². The first kappa shape index (κ1) is 20.5. The van der Waals surface area contributed by atoms with Crippen LogP contribution in [0.4, 0.5) is 25.8 Å². The zero-order valence-corrected chi connectivity index (χ0v) is 15.6. The summed E-state index contributed by atoms with van der Waals surface area (Å²) in [6.07, 6.45) is 4.16. The van der Waals surface area contributed by atoms with E-state index in [-0.39, 0.29) is 17.0 Å². The second-order valence-electron chi connectivity index (χ2n) is 6.72. The molecular weight excluding hydrogens is 384 g/mol. The van der Waals surface area contributed by atoms with Crippen LogP contribution in [0.15, 0.2) is 42.5 Å². The molecule has 1 fully saturated rings. The van der Waals surface area contributed by atoms with Crippen LogP contribution in [0.1, 0.15) is 36.0 Å². The summed E-state index contributed by atoms with van der Waals surface area (Å²) in [6, 6.07) is 9.85. The lowest BCUT2D eigenvalue weighted by Crippen LogP contribution is -2.25. The van der Waals surface area contributed by atoms with Gasteiger partial charge < -0.3 is 15.0 Å². The number of halogens is 2. The molecular formula is C20H21F2N3O4. The zero-order chi connectivity index (χ0) is 20.8. The Morgan fingerprint density at radius 2 is 1.72 bits per heavy atom. The van der Waals surface area contributed by atoms with Crippen molar-refractivity contribution in [3.05, 3.63) is 58.1 Å². The molecule has 0 aromatic heterocycles. The van der Waals surface area contributed by atoms with Gasteiger partial charge in [-0.2, -0.15) is 8.78 Å². The molecule has 9 heteroatoms. The summed E-state index contributed by atoms with van der Waals surface area (Å²) < 4.78 is 28.6. The van der Waals surface area contributed by atoms with Crippen molar-refractivity contribution in [3.8, 4) is 5.75 Å². The number of nitro groups is 1. The third-order valence-electron chi connectivity index (χ3n) is 4.72. The monoisotopic (exact) mass is 405 g/mol. The van der Waals surface area contributed by atoms with Crippen molar-refractivity contribution in [2.24, 2.45) is 0 Å². The van der Waals surface area contributed by atoms with E-state index in [0.29, 0.717) is 11.4 Å². The van der Waals surface area contributed by atoms with E-state index in [0.717, 1.165) is 38.8 Å². The van der Waals surface area contributed by atoms with Crippen LogP contribution in [0, 0.1) is 10.1 Å². The normalized spacial score (nSPS) is 14.4. The molecule has 154 valence electrons. The summed E-state index contributed by atoms with van der Waals surface area (Å²) in [5.41, 5.74) is 0.904. The Balaban J connectivity index is 1.76. The van der Waals surface area contributed by atoms with Crippen molar-refractivity contribution in [1.82, 2.24) is 0 Å². The SMILES string of the molecule is O=C(Nc1ccc(OC(F)F)cc1)c1ccc(N2CCCCCC2)c([N+](=O)[O-])c1. The third-order valence-corrected chi connectivity index (χ3v) is 4.72. The quantitative estimate of drug-likeness (QED) is 0.550. The highest BCUT2D eigenvalue weighted by Crippen LogP contribution is 2.31. The van der Waals surface area contributed by atoms with E-state index in [1.54, 1.807) is 12.1 Å². The Labute approximate surface area is 166 Å². The topological polar surface area (TPSA) is 84.7 Å². The van der Waals surface area contributed by atoms with E-state index in [1.165, 1.54) is 30.3 Å². The highest BCUT2D eigenvalue weighted by Gasteiger charge is 2.22. The number of benzene rings is 2. The number of hydrogen-bond acceptors (Lipinski definition) is 5. The summed E-state index contributed by atoms with van der Waals surface area (Å²) >= 11 is 0. The van der Waals surface area contributed by atoms with Crippen LogP contribution in [0.3, 0.4) is 0 Å². The molecule has 0 radical (unpaired) electrons. The average molecular weight is 405 g/mol. The lowest BCUT2D eigenvalue weighted by atomic mass is 10.1. The van der Waals surface area contributed by atoms with Gasteiger partial charge in [0.2, 0.25) is 0 Å². The molecule has 0 unspecified atom stereocenters. The number of nitro benzene ring substituents is 1. The van der Waals surface area contributed by atoms with Crippen LogP contribution in [-0.4, -0.2) is 30.5 Å². The molecule has 0 aliphatic carbocycles. The molecule has 29 heavy (non-hydrogen) atoms. The lowest BCUT2D eigenvalue weighted by molar-refractivity contribution is -0.384. The minimum absolute atomic E-state index is 0.0320. The minimum Gasteiger partial charge on any atom is -0.435 e. The molecule has 1 aliphatic heterocycles. The predicted octanol–water partition coefficient (Wildman–Crippen LogP) is 4.83. The number of carbonyl (C=O) groups excluding carboxylic acids is 1. The first-order valence-electron chi connectivity index (χ1n) is 9.33. The molecule has 0 atom stereocenters. The van der Waals surface area contributed by atoms with Crippen LogP contribution in [0.25, 0.3) is 0 Å². The van der Waals surface area contributed by atoms with E-state index < -0.39 is 17.4 Å². The van der Waals surface area contributed by atoms with Crippen molar-refractivity contribution in [2.75, 3.05) is 23.3 Å². The number of rotatable bonds is 6. The van der Waals surface area contributed by atoms with Crippen LogP contribution in [0.2, 0.25) is 0 Å². The largest absolute Gasteiger partial charge is 0.435 e. The van der Waals surface area contributed by atoms with Gasteiger partial charge in [-0.15, -0.1) is 0 Å². The van der Waals surface area contributed by atoms with Crippen LogP contribution >= 0.6 is 0 Å². The zero-order valence-electron chi connectivity index (χ0n) is 15.6. The highest BCUT2D eigenvalue weighted by molar-refractivity contribution is 6.05. The molecule has 1 saturated heterocycles. The molecule has 1 aliphatic rings. The summed E-state index contributed by atoms with van der Waals surface area (Å²) in [7, 11) is 0. The van der Waals surface area contributed by atoms with Crippen molar-refractivity contribution in [1.29, 1.82) is 0 Å². The maximum absolute atomic E-state index is 12.5. The van der Waals surface area contributed by atoms with Gasteiger partial charge >= 0.3 is 6.61 Å². The fourth-order valence-corrected chi connectivity index (χ4v) is 3.31. The fraction of sp³-hybridized carbons (Fsp3) is 0.350. The van der Waals surface area contributed by atoms with E-state index in [9.17, 15) is 23.7 Å². The van der Waals surface area contributed by atoms with E-state index in [2.05, 4.69) is 10.1 Å². The molecule has 2 aromatic rings. The molecule has 2 aromatic carbocycles. The number of amides is 1. The van der Waals surface area contributed by atoms with Crippen LogP contribution in [-0.2, 0) is 0 Å². The molecule has 1 N–H and O–H groups in total. The molecule has 3 rings (SSSR count). The van der Waals surface area contributed by atoms with E-state index in [4.69, 9.17) is 0 Å². The fourth-order valence-electron chi connectivity index (χ4n) is 3.31. The third kappa shape index (κ3) is 5.40. The number of carbonyl (C=O) groups is 1. The van der Waals surface area contributed by atoms with Crippen molar-refractivity contribution in [2.45, 2.75) is 32.3 Å². The minimum atomic E-state index is -2.93. The van der Waals surface area contributed by atoms with Gasteiger partial charge in [0, 0.05) is 30.4 Å². The molecule has 0 spiro atoms. The number of anilines is 2. The van der Waals surface area contributed by atoms with E-state index >= 15 is 0 Å². The molecule has 0 bridgehead atoms. The number of nitrogens with one attached hydrogen (secondary N) is 1. The Morgan fingerprint density at radius 1 is 1.07 bits per heavy atom. The van der Waals surface area contributed by atoms with Gasteiger partial charge in [-0.25, -0.2) is 0 Å². The smallest absolute Gasteiger partial charge is 0.387 e. The number of alkyl halides is 2. The number of hydrogen-bond donors (Lipinski definition) is 1. The maximum Gasteiger partial charge on any atom is 0.387 e. The first-order chi connectivity index (χ1) is 13.9. The second-order valence-corrected chi connectivity index (χ2v) is 6.72. The molecule has 7 nitrogen and oxygen atoms in total. The molecule has 1 amide bonds.